The van der Waals surface area contributed by atoms with Crippen LogP contribution in [-0.4, -0.2) is 24.6 Å². The Hall–Kier alpha value is -2.19. The van der Waals surface area contributed by atoms with Crippen molar-refractivity contribution in [3.05, 3.63) is 40.3 Å². The summed E-state index contributed by atoms with van der Waals surface area (Å²) in [6, 6.07) is 3.61. The van der Waals surface area contributed by atoms with E-state index in [0.29, 0.717) is 5.56 Å². The number of anilines is 1. The van der Waals surface area contributed by atoms with Gasteiger partial charge in [-0.15, -0.1) is 0 Å². The van der Waals surface area contributed by atoms with Crippen molar-refractivity contribution < 1.29 is 27.8 Å². The molecule has 0 saturated heterocycles. The number of phenols is 1. The van der Waals surface area contributed by atoms with E-state index >= 15 is 0 Å². The van der Waals surface area contributed by atoms with Crippen LogP contribution in [0.5, 0.6) is 5.75 Å². The van der Waals surface area contributed by atoms with Crippen molar-refractivity contribution in [1.82, 2.24) is 0 Å². The van der Waals surface area contributed by atoms with Crippen LogP contribution in [0.15, 0.2) is 27.5 Å². The molecule has 0 aliphatic rings. The number of carbonyl (C=O) groups is 1. The van der Waals surface area contributed by atoms with Gasteiger partial charge < -0.3 is 14.6 Å². The van der Waals surface area contributed by atoms with Crippen molar-refractivity contribution in [1.29, 1.82) is 0 Å². The van der Waals surface area contributed by atoms with Crippen molar-refractivity contribution in [3.63, 3.8) is 0 Å². The van der Waals surface area contributed by atoms with Crippen LogP contribution in [0.25, 0.3) is 0 Å². The highest BCUT2D eigenvalue weighted by molar-refractivity contribution is 7.92. The van der Waals surface area contributed by atoms with Crippen LogP contribution < -0.4 is 4.72 Å². The molecule has 0 unspecified atom stereocenters. The Kier molecular flexibility index (Phi) is 4.08. The minimum Gasteiger partial charge on any atom is -0.505 e. The molecule has 118 valence electrons. The molecule has 0 radical (unpaired) electrons. The van der Waals surface area contributed by atoms with Gasteiger partial charge in [0.2, 0.25) is 5.76 Å². The number of carboxylic acids is 1. The summed E-state index contributed by atoms with van der Waals surface area (Å²) in [6.45, 7) is 2.88. The number of aromatic carboxylic acids is 1. The smallest absolute Gasteiger partial charge is 0.371 e. The van der Waals surface area contributed by atoms with Crippen LogP contribution in [0.3, 0.4) is 0 Å². The normalized spacial score (nSPS) is 11.4. The van der Waals surface area contributed by atoms with Gasteiger partial charge in [-0.2, -0.15) is 0 Å². The quantitative estimate of drug-likeness (QED) is 0.733. The highest BCUT2D eigenvalue weighted by Gasteiger charge is 2.25. The van der Waals surface area contributed by atoms with E-state index in [0.717, 1.165) is 6.07 Å². The molecule has 7 nitrogen and oxygen atoms in total. The molecule has 0 aliphatic carbocycles. The van der Waals surface area contributed by atoms with E-state index in [1.54, 1.807) is 6.92 Å². The van der Waals surface area contributed by atoms with Crippen molar-refractivity contribution in [2.45, 2.75) is 18.7 Å². The van der Waals surface area contributed by atoms with Crippen LogP contribution in [0.1, 0.15) is 21.9 Å². The SMILES string of the molecule is Cc1cc(Cl)cc(NS(=O)(=O)c2cc(C(=O)O)oc2C)c1O. The number of aromatic hydroxyl groups is 1. The Labute approximate surface area is 131 Å². The molecule has 0 amide bonds. The molecule has 0 atom stereocenters. The summed E-state index contributed by atoms with van der Waals surface area (Å²) < 4.78 is 31.7. The number of carboxylic acid groups (broad SMARTS) is 1. The van der Waals surface area contributed by atoms with Crippen molar-refractivity contribution in [3.8, 4) is 5.75 Å². The lowest BCUT2D eigenvalue weighted by Gasteiger charge is -2.11. The predicted octanol–water partition coefficient (Wildman–Crippen LogP) is 2.75. The lowest BCUT2D eigenvalue weighted by molar-refractivity contribution is 0.0661. The highest BCUT2D eigenvalue weighted by atomic mass is 35.5. The van der Waals surface area contributed by atoms with Crippen LogP contribution >= 0.6 is 11.6 Å². The number of benzene rings is 1. The van der Waals surface area contributed by atoms with Gasteiger partial charge in [-0.25, -0.2) is 13.2 Å². The summed E-state index contributed by atoms with van der Waals surface area (Å²) >= 11 is 5.83. The summed E-state index contributed by atoms with van der Waals surface area (Å²) in [5.41, 5.74) is 0.280. The Bertz CT molecular complexity index is 856. The molecule has 0 saturated carbocycles. The largest absolute Gasteiger partial charge is 0.505 e. The van der Waals surface area contributed by atoms with Crippen LogP contribution in [0.4, 0.5) is 5.69 Å². The number of furan rings is 1. The number of phenolic OH excluding ortho intramolecular Hbond substituents is 1. The van der Waals surface area contributed by atoms with Crippen LogP contribution in [0, 0.1) is 13.8 Å². The van der Waals surface area contributed by atoms with Crippen molar-refractivity contribution in [2.75, 3.05) is 4.72 Å². The second-order valence-corrected chi connectivity index (χ2v) is 6.65. The van der Waals surface area contributed by atoms with Gasteiger partial charge in [0.25, 0.3) is 10.0 Å². The third-order valence-electron chi connectivity index (χ3n) is 2.88. The van der Waals surface area contributed by atoms with E-state index in [-0.39, 0.29) is 27.1 Å². The van der Waals surface area contributed by atoms with Gasteiger partial charge in [-0.1, -0.05) is 11.6 Å². The first-order valence-corrected chi connectivity index (χ1v) is 7.83. The molecule has 2 rings (SSSR count). The third-order valence-corrected chi connectivity index (χ3v) is 4.57. The third kappa shape index (κ3) is 3.02. The average molecular weight is 346 g/mol. The first kappa shape index (κ1) is 16.2. The zero-order chi connectivity index (χ0) is 16.7. The fraction of sp³-hybridized carbons (Fsp3) is 0.154. The predicted molar refractivity (Wildman–Crippen MR) is 79.1 cm³/mol. The molecule has 22 heavy (non-hydrogen) atoms. The molecular formula is C13H12ClNO6S. The number of rotatable bonds is 4. The van der Waals surface area contributed by atoms with Gasteiger partial charge in [-0.3, -0.25) is 4.72 Å². The van der Waals surface area contributed by atoms with Gasteiger partial charge in [0.15, 0.2) is 0 Å². The molecule has 0 aliphatic heterocycles. The van der Waals surface area contributed by atoms with Gasteiger partial charge in [0.05, 0.1) is 5.69 Å². The Morgan fingerprint density at radius 3 is 2.45 bits per heavy atom. The molecular weight excluding hydrogens is 334 g/mol. The lowest BCUT2D eigenvalue weighted by atomic mass is 10.2. The summed E-state index contributed by atoms with van der Waals surface area (Å²) in [4.78, 5) is 10.5. The number of sulfonamides is 1. The number of hydrogen-bond donors (Lipinski definition) is 3. The molecule has 9 heteroatoms. The van der Waals surface area contributed by atoms with E-state index in [1.165, 1.54) is 19.1 Å². The fourth-order valence-electron chi connectivity index (χ4n) is 1.85. The maximum Gasteiger partial charge on any atom is 0.371 e. The maximum absolute atomic E-state index is 12.3. The number of halogens is 1. The molecule has 0 spiro atoms. The van der Waals surface area contributed by atoms with Crippen LogP contribution in [-0.2, 0) is 10.0 Å². The second kappa shape index (κ2) is 5.54. The van der Waals surface area contributed by atoms with Crippen molar-refractivity contribution >= 4 is 33.3 Å². The van der Waals surface area contributed by atoms with Crippen LogP contribution in [0.2, 0.25) is 5.02 Å². The van der Waals surface area contributed by atoms with E-state index in [4.69, 9.17) is 21.1 Å². The maximum atomic E-state index is 12.3. The van der Waals surface area contributed by atoms with E-state index in [2.05, 4.69) is 4.72 Å². The number of aryl methyl sites for hydroxylation is 2. The Morgan fingerprint density at radius 2 is 1.91 bits per heavy atom. The van der Waals surface area contributed by atoms with Gasteiger partial charge in [-0.05, 0) is 31.5 Å². The fourth-order valence-corrected chi connectivity index (χ4v) is 3.36. The summed E-state index contributed by atoms with van der Waals surface area (Å²) in [7, 11) is -4.14. The number of nitrogens with one attached hydrogen (secondary N) is 1. The summed E-state index contributed by atoms with van der Waals surface area (Å²) in [5, 5.41) is 19.0. The highest BCUT2D eigenvalue weighted by Crippen LogP contribution is 2.33. The zero-order valence-corrected chi connectivity index (χ0v) is 13.1. The van der Waals surface area contributed by atoms with E-state index < -0.39 is 21.8 Å². The molecule has 0 fully saturated rings. The Balaban J connectivity index is 2.47. The zero-order valence-electron chi connectivity index (χ0n) is 11.5. The van der Waals surface area contributed by atoms with Gasteiger partial charge >= 0.3 is 5.97 Å². The first-order valence-electron chi connectivity index (χ1n) is 5.97. The first-order chi connectivity index (χ1) is 10.1. The minimum absolute atomic E-state index is 0.0804. The standard InChI is InChI=1S/C13H12ClNO6S/c1-6-3-8(14)4-9(12(6)16)15-22(19,20)11-5-10(13(17)18)21-7(11)2/h3-5,15-16H,1-2H3,(H,17,18). The van der Waals surface area contributed by atoms with E-state index in [1.807, 2.05) is 0 Å². The second-order valence-electron chi connectivity index (χ2n) is 4.56. The minimum atomic E-state index is -4.14. The summed E-state index contributed by atoms with van der Waals surface area (Å²) in [5.74, 6) is -2.23. The van der Waals surface area contributed by atoms with Crippen molar-refractivity contribution in [2.24, 2.45) is 0 Å². The Morgan fingerprint density at radius 1 is 1.27 bits per heavy atom. The van der Waals surface area contributed by atoms with Gasteiger partial charge in [0, 0.05) is 11.1 Å². The average Bonchev–Trinajstić information content (AvgIpc) is 2.78. The summed E-state index contributed by atoms with van der Waals surface area (Å²) in [6.07, 6.45) is 0. The molecule has 1 aromatic carbocycles. The topological polar surface area (TPSA) is 117 Å². The molecule has 0 bridgehead atoms. The van der Waals surface area contributed by atoms with Gasteiger partial charge in [0.1, 0.15) is 16.4 Å². The van der Waals surface area contributed by atoms with E-state index in [9.17, 15) is 18.3 Å². The lowest BCUT2D eigenvalue weighted by Crippen LogP contribution is -2.13. The molecule has 2 aromatic rings. The molecule has 1 heterocycles. The number of hydrogen-bond acceptors (Lipinski definition) is 5. The molecule has 3 N–H and O–H groups in total. The monoisotopic (exact) mass is 345 g/mol. The molecule has 1 aromatic heterocycles.